The van der Waals surface area contributed by atoms with Crippen LogP contribution in [0.25, 0.3) is 0 Å². The number of carbonyl (C=O) groups excluding carboxylic acids is 1. The molecule has 1 saturated heterocycles. The van der Waals surface area contributed by atoms with Gasteiger partial charge in [-0.3, -0.25) is 4.79 Å². The molecule has 0 spiro atoms. The van der Waals surface area contributed by atoms with E-state index < -0.39 is 15.8 Å². The number of rotatable bonds is 5. The number of amides is 1. The summed E-state index contributed by atoms with van der Waals surface area (Å²) in [4.78, 5) is 12.8. The Morgan fingerprint density at radius 1 is 0.933 bits per heavy atom. The molecule has 0 radical (unpaired) electrons. The molecule has 7 heteroatoms. The molecule has 1 heterocycles. The van der Waals surface area contributed by atoms with E-state index in [2.05, 4.69) is 5.32 Å². The van der Waals surface area contributed by atoms with Gasteiger partial charge in [0.2, 0.25) is 15.9 Å². The standard InChI is InChI=1S/C21H31FN2O3S.2CH4/c22-18-11-13-20(14-12-18)28(26,27)24-15-7-6-10-19(24)16-23-21(25)17-8-4-2-1-3-5-9-17;;/h11-14,17,19H,1-10,15-16H2,(H,23,25);2*1H4. The van der Waals surface area contributed by atoms with Gasteiger partial charge in [-0.2, -0.15) is 4.31 Å². The van der Waals surface area contributed by atoms with Gasteiger partial charge < -0.3 is 5.32 Å². The van der Waals surface area contributed by atoms with Gasteiger partial charge in [-0.05, 0) is 49.9 Å². The lowest BCUT2D eigenvalue weighted by molar-refractivity contribution is -0.125. The molecule has 2 aliphatic rings. The topological polar surface area (TPSA) is 66.5 Å². The van der Waals surface area contributed by atoms with Crippen molar-refractivity contribution in [2.75, 3.05) is 13.1 Å². The van der Waals surface area contributed by atoms with E-state index in [4.69, 9.17) is 0 Å². The number of hydrogen-bond acceptors (Lipinski definition) is 3. The Bertz CT molecular complexity index is 744. The van der Waals surface area contributed by atoms with Crippen LogP contribution < -0.4 is 5.32 Å². The summed E-state index contributed by atoms with van der Waals surface area (Å²) in [5.41, 5.74) is 0. The summed E-state index contributed by atoms with van der Waals surface area (Å²) in [6, 6.07) is 4.71. The highest BCUT2D eigenvalue weighted by molar-refractivity contribution is 7.89. The van der Waals surface area contributed by atoms with Gasteiger partial charge in [0.15, 0.2) is 0 Å². The first-order chi connectivity index (χ1) is 13.5. The maximum Gasteiger partial charge on any atom is 0.243 e. The molecule has 1 aromatic rings. The number of piperidine rings is 1. The molecule has 30 heavy (non-hydrogen) atoms. The Balaban J connectivity index is 0.00000225. The molecule has 2 fully saturated rings. The quantitative estimate of drug-likeness (QED) is 0.688. The Kier molecular flexibility index (Phi) is 11.0. The molecule has 1 aliphatic heterocycles. The highest BCUT2D eigenvalue weighted by Gasteiger charge is 2.34. The molecule has 172 valence electrons. The summed E-state index contributed by atoms with van der Waals surface area (Å²) >= 11 is 0. The zero-order valence-electron chi connectivity index (χ0n) is 16.4. The normalized spacial score (nSPS) is 21.4. The van der Waals surface area contributed by atoms with Crippen molar-refractivity contribution in [3.63, 3.8) is 0 Å². The van der Waals surface area contributed by atoms with Crippen LogP contribution in [-0.2, 0) is 14.8 Å². The average molecular weight is 443 g/mol. The summed E-state index contributed by atoms with van der Waals surface area (Å²) < 4.78 is 40.7. The first-order valence-electron chi connectivity index (χ1n) is 10.5. The van der Waals surface area contributed by atoms with Crippen LogP contribution >= 0.6 is 0 Å². The van der Waals surface area contributed by atoms with Crippen molar-refractivity contribution < 1.29 is 17.6 Å². The fourth-order valence-corrected chi connectivity index (χ4v) is 6.01. The van der Waals surface area contributed by atoms with Crippen molar-refractivity contribution in [1.82, 2.24) is 9.62 Å². The molecule has 0 aromatic heterocycles. The van der Waals surface area contributed by atoms with Gasteiger partial charge in [0.25, 0.3) is 0 Å². The second-order valence-corrected chi connectivity index (χ2v) is 9.90. The van der Waals surface area contributed by atoms with Crippen molar-refractivity contribution in [3.05, 3.63) is 30.1 Å². The third-order valence-corrected chi connectivity index (χ3v) is 7.95. The van der Waals surface area contributed by atoms with E-state index in [1.165, 1.54) is 47.8 Å². The minimum atomic E-state index is -3.70. The fourth-order valence-electron chi connectivity index (χ4n) is 4.32. The molecular weight excluding hydrogens is 403 g/mol. The van der Waals surface area contributed by atoms with E-state index in [0.29, 0.717) is 13.1 Å². The van der Waals surface area contributed by atoms with E-state index in [1.54, 1.807) is 0 Å². The van der Waals surface area contributed by atoms with Crippen molar-refractivity contribution in [1.29, 1.82) is 0 Å². The lowest BCUT2D eigenvalue weighted by atomic mass is 9.90. The summed E-state index contributed by atoms with van der Waals surface area (Å²) in [6.07, 6.45) is 10.1. The average Bonchev–Trinajstić information content (AvgIpc) is 2.66. The number of carbonyl (C=O) groups is 1. The lowest BCUT2D eigenvalue weighted by Crippen LogP contribution is -2.50. The number of benzene rings is 1. The molecule has 0 bridgehead atoms. The number of hydrogen-bond donors (Lipinski definition) is 1. The van der Waals surface area contributed by atoms with E-state index in [9.17, 15) is 17.6 Å². The van der Waals surface area contributed by atoms with Crippen LogP contribution in [0.3, 0.4) is 0 Å². The van der Waals surface area contributed by atoms with E-state index in [1.807, 2.05) is 0 Å². The van der Waals surface area contributed by atoms with E-state index in [-0.39, 0.29) is 37.6 Å². The minimum absolute atomic E-state index is 0. The monoisotopic (exact) mass is 442 g/mol. The third-order valence-electron chi connectivity index (χ3n) is 5.98. The van der Waals surface area contributed by atoms with Crippen LogP contribution in [0.5, 0.6) is 0 Å². The zero-order chi connectivity index (χ0) is 20.0. The molecule has 1 atom stereocenters. The Morgan fingerprint density at radius 3 is 2.13 bits per heavy atom. The molecule has 1 amide bonds. The Labute approximate surface area is 182 Å². The lowest BCUT2D eigenvalue weighted by Gasteiger charge is -2.35. The number of sulfonamides is 1. The van der Waals surface area contributed by atoms with Crippen LogP contribution in [0, 0.1) is 11.7 Å². The first-order valence-corrected chi connectivity index (χ1v) is 12.0. The van der Waals surface area contributed by atoms with Gasteiger partial charge >= 0.3 is 0 Å². The van der Waals surface area contributed by atoms with Crippen LogP contribution in [0.4, 0.5) is 4.39 Å². The Morgan fingerprint density at radius 2 is 1.50 bits per heavy atom. The predicted molar refractivity (Wildman–Crippen MR) is 120 cm³/mol. The third kappa shape index (κ3) is 6.77. The number of halogens is 1. The molecule has 1 N–H and O–H groups in total. The fraction of sp³-hybridized carbons (Fsp3) is 0.696. The zero-order valence-corrected chi connectivity index (χ0v) is 17.2. The molecule has 1 aromatic carbocycles. The van der Waals surface area contributed by atoms with Crippen molar-refractivity contribution in [3.8, 4) is 0 Å². The molecule has 1 aliphatic carbocycles. The summed E-state index contributed by atoms with van der Waals surface area (Å²) in [6.45, 7) is 0.777. The van der Waals surface area contributed by atoms with Crippen molar-refractivity contribution >= 4 is 15.9 Å². The van der Waals surface area contributed by atoms with Crippen LogP contribution in [0.1, 0.15) is 79.1 Å². The SMILES string of the molecule is C.C.O=C(NCC1CCCCN1S(=O)(=O)c1ccc(F)cc1)C1CCCCCCC1. The van der Waals surface area contributed by atoms with Crippen molar-refractivity contribution in [2.24, 2.45) is 5.92 Å². The summed E-state index contributed by atoms with van der Waals surface area (Å²) in [7, 11) is -3.70. The Hall–Kier alpha value is -1.47. The minimum Gasteiger partial charge on any atom is -0.354 e. The highest BCUT2D eigenvalue weighted by atomic mass is 32.2. The van der Waals surface area contributed by atoms with Gasteiger partial charge in [0.05, 0.1) is 4.90 Å². The molecule has 1 unspecified atom stereocenters. The smallest absolute Gasteiger partial charge is 0.243 e. The second kappa shape index (κ2) is 12.4. The van der Waals surface area contributed by atoms with Crippen molar-refractivity contribution in [2.45, 2.75) is 90.0 Å². The largest absolute Gasteiger partial charge is 0.354 e. The van der Waals surface area contributed by atoms with Crippen LogP contribution in [-0.4, -0.2) is 37.8 Å². The summed E-state index contributed by atoms with van der Waals surface area (Å²) in [5.74, 6) is -0.349. The van der Waals surface area contributed by atoms with Gasteiger partial charge in [-0.25, -0.2) is 12.8 Å². The van der Waals surface area contributed by atoms with E-state index in [0.717, 1.165) is 44.9 Å². The molecular formula is C23H39FN2O3S. The molecule has 1 saturated carbocycles. The summed E-state index contributed by atoms with van der Waals surface area (Å²) in [5, 5.41) is 3.03. The van der Waals surface area contributed by atoms with E-state index >= 15 is 0 Å². The van der Waals surface area contributed by atoms with Gasteiger partial charge in [0, 0.05) is 25.0 Å². The van der Waals surface area contributed by atoms with Crippen LogP contribution in [0.15, 0.2) is 29.2 Å². The highest BCUT2D eigenvalue weighted by Crippen LogP contribution is 2.26. The van der Waals surface area contributed by atoms with Gasteiger partial charge in [-0.15, -0.1) is 0 Å². The maximum absolute atomic E-state index is 13.2. The molecule has 5 nitrogen and oxygen atoms in total. The molecule has 3 rings (SSSR count). The second-order valence-electron chi connectivity index (χ2n) is 8.01. The van der Waals surface area contributed by atoms with Crippen LogP contribution in [0.2, 0.25) is 0 Å². The maximum atomic E-state index is 13.2. The predicted octanol–water partition coefficient (Wildman–Crippen LogP) is 5.12. The number of nitrogens with one attached hydrogen (secondary N) is 1. The van der Waals surface area contributed by atoms with Gasteiger partial charge in [0.1, 0.15) is 5.82 Å². The number of nitrogens with zero attached hydrogens (tertiary/aromatic N) is 1. The first kappa shape index (κ1) is 26.6. The van der Waals surface area contributed by atoms with Gasteiger partial charge in [-0.1, -0.05) is 53.4 Å².